The molecule has 1 unspecified atom stereocenters. The lowest BCUT2D eigenvalue weighted by Crippen LogP contribution is -2.35. The summed E-state index contributed by atoms with van der Waals surface area (Å²) in [5.41, 5.74) is -0.810. The predicted octanol–water partition coefficient (Wildman–Crippen LogP) is -0.0812. The molecule has 3 aromatic rings. The molecule has 0 aliphatic heterocycles. The van der Waals surface area contributed by atoms with Crippen molar-refractivity contribution in [3.63, 3.8) is 0 Å². The molecule has 0 saturated heterocycles. The number of ether oxygens (including phenoxy) is 1. The molecule has 9 nitrogen and oxygen atoms in total. The number of aliphatic hydroxyl groups excluding tert-OH is 1. The SMILES string of the molecule is CN(C)c1nc2c([nH]1)c(=O)[nH]c(=O)n2CC(O)COc1ccccc1. The van der Waals surface area contributed by atoms with Crippen molar-refractivity contribution in [2.75, 3.05) is 25.6 Å². The van der Waals surface area contributed by atoms with Gasteiger partial charge in [0.15, 0.2) is 11.2 Å². The van der Waals surface area contributed by atoms with Crippen molar-refractivity contribution in [3.8, 4) is 5.75 Å². The van der Waals surface area contributed by atoms with Crippen LogP contribution in [-0.2, 0) is 6.54 Å². The first-order chi connectivity index (χ1) is 12.0. The van der Waals surface area contributed by atoms with Gasteiger partial charge in [-0.3, -0.25) is 14.3 Å². The standard InChI is InChI=1S/C16H19N5O4/c1-20(2)15-17-12-13(18-15)21(16(24)19-14(12)23)8-10(22)9-25-11-6-4-3-5-7-11/h3-7,10,22H,8-9H2,1-2H3,(H,17,18)(H,19,23,24). The quantitative estimate of drug-likeness (QED) is 0.575. The highest BCUT2D eigenvalue weighted by Crippen LogP contribution is 2.12. The molecule has 0 aliphatic carbocycles. The van der Waals surface area contributed by atoms with Crippen LogP contribution in [0.25, 0.3) is 11.2 Å². The molecule has 0 fully saturated rings. The minimum absolute atomic E-state index is 0.00202. The summed E-state index contributed by atoms with van der Waals surface area (Å²) in [6.07, 6.45) is -0.952. The minimum Gasteiger partial charge on any atom is -0.491 e. The van der Waals surface area contributed by atoms with Crippen molar-refractivity contribution in [2.45, 2.75) is 12.6 Å². The Morgan fingerprint density at radius 2 is 1.96 bits per heavy atom. The van der Waals surface area contributed by atoms with Crippen LogP contribution in [0.3, 0.4) is 0 Å². The number of hydrogen-bond donors (Lipinski definition) is 3. The van der Waals surface area contributed by atoms with Gasteiger partial charge in [0.1, 0.15) is 18.5 Å². The molecule has 1 atom stereocenters. The number of H-pyrrole nitrogens is 2. The van der Waals surface area contributed by atoms with E-state index in [1.165, 1.54) is 4.57 Å². The Morgan fingerprint density at radius 1 is 1.24 bits per heavy atom. The van der Waals surface area contributed by atoms with Gasteiger partial charge in [-0.05, 0) is 12.1 Å². The number of nitrogens with zero attached hydrogens (tertiary/aromatic N) is 3. The molecular weight excluding hydrogens is 326 g/mol. The summed E-state index contributed by atoms with van der Waals surface area (Å²) in [6.45, 7) is -0.0568. The van der Waals surface area contributed by atoms with E-state index in [0.717, 1.165) is 0 Å². The van der Waals surface area contributed by atoms with E-state index in [1.807, 2.05) is 18.2 Å². The molecule has 3 rings (SSSR count). The zero-order valence-corrected chi connectivity index (χ0v) is 13.9. The predicted molar refractivity (Wildman–Crippen MR) is 93.2 cm³/mol. The van der Waals surface area contributed by atoms with Gasteiger partial charge in [-0.2, -0.15) is 4.98 Å². The van der Waals surface area contributed by atoms with Crippen LogP contribution in [0.1, 0.15) is 0 Å². The molecule has 1 aromatic carbocycles. The summed E-state index contributed by atoms with van der Waals surface area (Å²) >= 11 is 0. The van der Waals surface area contributed by atoms with E-state index in [1.54, 1.807) is 31.1 Å². The maximum absolute atomic E-state index is 12.1. The van der Waals surface area contributed by atoms with Crippen molar-refractivity contribution in [2.24, 2.45) is 0 Å². The number of fused-ring (bicyclic) bond motifs is 1. The average Bonchev–Trinajstić information content (AvgIpc) is 3.04. The smallest absolute Gasteiger partial charge is 0.330 e. The molecule has 9 heteroatoms. The second-order valence-electron chi connectivity index (χ2n) is 5.80. The lowest BCUT2D eigenvalue weighted by molar-refractivity contribution is 0.0922. The molecular formula is C16H19N5O4. The molecule has 3 N–H and O–H groups in total. The third-order valence-corrected chi connectivity index (χ3v) is 3.62. The average molecular weight is 345 g/mol. The third kappa shape index (κ3) is 3.56. The fourth-order valence-corrected chi connectivity index (χ4v) is 2.38. The number of aromatic nitrogens is 4. The number of rotatable bonds is 6. The second-order valence-corrected chi connectivity index (χ2v) is 5.80. The van der Waals surface area contributed by atoms with Crippen molar-refractivity contribution in [3.05, 3.63) is 51.2 Å². The molecule has 2 aromatic heterocycles. The Bertz CT molecular complexity index is 974. The maximum Gasteiger partial charge on any atom is 0.330 e. The number of para-hydroxylation sites is 1. The third-order valence-electron chi connectivity index (χ3n) is 3.62. The first kappa shape index (κ1) is 16.8. The first-order valence-corrected chi connectivity index (χ1v) is 7.72. The Kier molecular flexibility index (Phi) is 4.57. The summed E-state index contributed by atoms with van der Waals surface area (Å²) in [7, 11) is 3.52. The van der Waals surface area contributed by atoms with Gasteiger partial charge in [-0.1, -0.05) is 18.2 Å². The van der Waals surface area contributed by atoms with Gasteiger partial charge in [0.05, 0.1) is 6.54 Å². The molecule has 132 valence electrons. The molecule has 0 bridgehead atoms. The van der Waals surface area contributed by atoms with E-state index in [4.69, 9.17) is 4.74 Å². The van der Waals surface area contributed by atoms with E-state index in [9.17, 15) is 14.7 Å². The fourth-order valence-electron chi connectivity index (χ4n) is 2.38. The zero-order chi connectivity index (χ0) is 18.0. The number of imidazole rings is 1. The Labute approximate surface area is 142 Å². The molecule has 0 saturated carbocycles. The van der Waals surface area contributed by atoms with Gasteiger partial charge < -0.3 is 19.7 Å². The van der Waals surface area contributed by atoms with Crippen molar-refractivity contribution in [1.82, 2.24) is 19.5 Å². The maximum atomic E-state index is 12.1. The van der Waals surface area contributed by atoms with Crippen molar-refractivity contribution in [1.29, 1.82) is 0 Å². The summed E-state index contributed by atoms with van der Waals surface area (Å²) in [5, 5.41) is 10.2. The molecule has 25 heavy (non-hydrogen) atoms. The minimum atomic E-state index is -0.952. The van der Waals surface area contributed by atoms with Gasteiger partial charge in [-0.15, -0.1) is 0 Å². The topological polar surface area (TPSA) is 116 Å². The summed E-state index contributed by atoms with van der Waals surface area (Å²) in [4.78, 5) is 35.1. The lowest BCUT2D eigenvalue weighted by atomic mass is 10.3. The Hall–Kier alpha value is -3.07. The largest absolute Gasteiger partial charge is 0.491 e. The van der Waals surface area contributed by atoms with Crippen LogP contribution in [0, 0.1) is 0 Å². The normalized spacial score (nSPS) is 12.3. The number of nitrogens with one attached hydrogen (secondary N) is 2. The van der Waals surface area contributed by atoms with Crippen LogP contribution in [0.2, 0.25) is 0 Å². The zero-order valence-electron chi connectivity index (χ0n) is 13.9. The highest BCUT2D eigenvalue weighted by atomic mass is 16.5. The number of hydrogen-bond acceptors (Lipinski definition) is 6. The number of anilines is 1. The second kappa shape index (κ2) is 6.81. The Morgan fingerprint density at radius 3 is 2.64 bits per heavy atom. The summed E-state index contributed by atoms with van der Waals surface area (Å²) < 4.78 is 6.71. The highest BCUT2D eigenvalue weighted by Gasteiger charge is 2.16. The summed E-state index contributed by atoms with van der Waals surface area (Å²) in [6, 6.07) is 9.05. The van der Waals surface area contributed by atoms with E-state index >= 15 is 0 Å². The molecule has 2 heterocycles. The van der Waals surface area contributed by atoms with E-state index in [0.29, 0.717) is 11.7 Å². The van der Waals surface area contributed by atoms with Crippen LogP contribution >= 0.6 is 0 Å². The van der Waals surface area contributed by atoms with Crippen LogP contribution in [0.15, 0.2) is 39.9 Å². The van der Waals surface area contributed by atoms with Gasteiger partial charge in [0.2, 0.25) is 5.95 Å². The molecule has 0 radical (unpaired) electrons. The van der Waals surface area contributed by atoms with Crippen LogP contribution < -0.4 is 20.9 Å². The molecule has 0 spiro atoms. The van der Waals surface area contributed by atoms with Gasteiger partial charge in [0.25, 0.3) is 5.56 Å². The van der Waals surface area contributed by atoms with Crippen molar-refractivity contribution < 1.29 is 9.84 Å². The fraction of sp³-hybridized carbons (Fsp3) is 0.312. The van der Waals surface area contributed by atoms with Gasteiger partial charge in [0, 0.05) is 14.1 Å². The molecule has 0 amide bonds. The number of benzene rings is 1. The van der Waals surface area contributed by atoms with Crippen LogP contribution in [0.5, 0.6) is 5.75 Å². The van der Waals surface area contributed by atoms with Gasteiger partial charge in [-0.25, -0.2) is 4.79 Å². The monoisotopic (exact) mass is 345 g/mol. The van der Waals surface area contributed by atoms with Gasteiger partial charge >= 0.3 is 5.69 Å². The highest BCUT2D eigenvalue weighted by molar-refractivity contribution is 5.72. The lowest BCUT2D eigenvalue weighted by Gasteiger charge is -2.14. The number of aromatic amines is 2. The molecule has 0 aliphatic rings. The van der Waals surface area contributed by atoms with Crippen LogP contribution in [-0.4, -0.2) is 51.4 Å². The van der Waals surface area contributed by atoms with Crippen molar-refractivity contribution >= 4 is 17.1 Å². The van der Waals surface area contributed by atoms with E-state index in [2.05, 4.69) is 15.0 Å². The Balaban J connectivity index is 1.85. The van der Waals surface area contributed by atoms with E-state index in [-0.39, 0.29) is 24.3 Å². The first-order valence-electron chi connectivity index (χ1n) is 7.72. The number of aliphatic hydroxyl groups is 1. The summed E-state index contributed by atoms with van der Waals surface area (Å²) in [5.74, 6) is 1.06. The van der Waals surface area contributed by atoms with E-state index < -0.39 is 17.4 Å². The van der Waals surface area contributed by atoms with Crippen LogP contribution in [0.4, 0.5) is 5.95 Å².